The first-order chi connectivity index (χ1) is 10.2. The zero-order valence-electron chi connectivity index (χ0n) is 11.3. The lowest BCUT2D eigenvalue weighted by Gasteiger charge is -2.10. The maximum Gasteiger partial charge on any atom is 0.355 e. The summed E-state index contributed by atoms with van der Waals surface area (Å²) in [6.07, 6.45) is 3.14. The van der Waals surface area contributed by atoms with Gasteiger partial charge in [0.15, 0.2) is 5.69 Å². The molecule has 0 radical (unpaired) electrons. The van der Waals surface area contributed by atoms with Gasteiger partial charge < -0.3 is 5.11 Å². The van der Waals surface area contributed by atoms with E-state index in [9.17, 15) is 9.90 Å². The van der Waals surface area contributed by atoms with Crippen LogP contribution in [-0.2, 0) is 0 Å². The van der Waals surface area contributed by atoms with Crippen molar-refractivity contribution in [2.45, 2.75) is 0 Å². The Kier molecular flexibility index (Phi) is 3.24. The van der Waals surface area contributed by atoms with Crippen LogP contribution >= 0.6 is 0 Å². The highest BCUT2D eigenvalue weighted by atomic mass is 16.4. The van der Waals surface area contributed by atoms with Crippen LogP contribution in [-0.4, -0.2) is 16.1 Å². The smallest absolute Gasteiger partial charge is 0.355 e. The number of carbonyl (C=O) groups is 1. The van der Waals surface area contributed by atoms with E-state index in [4.69, 9.17) is 0 Å². The quantitative estimate of drug-likeness (QED) is 0.777. The zero-order valence-corrected chi connectivity index (χ0v) is 11.3. The van der Waals surface area contributed by atoms with Gasteiger partial charge in [-0.3, -0.25) is 0 Å². The summed E-state index contributed by atoms with van der Waals surface area (Å²) in [4.78, 5) is 15.4. The lowest BCUT2D eigenvalue weighted by atomic mass is 9.96. The predicted octanol–water partition coefficient (Wildman–Crippen LogP) is 4.24. The van der Waals surface area contributed by atoms with E-state index in [0.29, 0.717) is 5.56 Å². The Morgan fingerprint density at radius 3 is 2.57 bits per heavy atom. The van der Waals surface area contributed by atoms with Crippen molar-refractivity contribution in [2.75, 3.05) is 0 Å². The van der Waals surface area contributed by atoms with Crippen molar-refractivity contribution in [3.05, 3.63) is 72.6 Å². The molecule has 1 N–H and O–H groups in total. The van der Waals surface area contributed by atoms with Gasteiger partial charge in [0.2, 0.25) is 0 Å². The summed E-state index contributed by atoms with van der Waals surface area (Å²) in [5.74, 6) is -1.04. The number of aromatic carboxylic acids is 1. The van der Waals surface area contributed by atoms with Gasteiger partial charge in [-0.15, -0.1) is 0 Å². The molecule has 3 nitrogen and oxygen atoms in total. The molecule has 0 aliphatic carbocycles. The molecule has 3 heteroatoms. The molecule has 0 aliphatic rings. The number of carboxylic acid groups (broad SMARTS) is 1. The van der Waals surface area contributed by atoms with E-state index in [0.717, 1.165) is 21.9 Å². The fourth-order valence-corrected chi connectivity index (χ4v) is 2.46. The molecule has 3 rings (SSSR count). The average Bonchev–Trinajstić information content (AvgIpc) is 2.53. The molecule has 21 heavy (non-hydrogen) atoms. The van der Waals surface area contributed by atoms with E-state index in [2.05, 4.69) is 11.6 Å². The third-order valence-corrected chi connectivity index (χ3v) is 3.44. The first-order valence-electron chi connectivity index (χ1n) is 6.54. The van der Waals surface area contributed by atoms with Gasteiger partial charge in [0.05, 0.1) is 0 Å². The van der Waals surface area contributed by atoms with Gasteiger partial charge in [-0.05, 0) is 34.0 Å². The SMILES string of the molecule is C=Cc1ccnc(C(=O)O)c1-c1ccc2ccccc2c1. The van der Waals surface area contributed by atoms with E-state index in [1.54, 1.807) is 12.1 Å². The second kappa shape index (κ2) is 5.21. The maximum atomic E-state index is 11.4. The van der Waals surface area contributed by atoms with Crippen molar-refractivity contribution in [2.24, 2.45) is 0 Å². The molecule has 0 saturated carbocycles. The molecule has 102 valence electrons. The topological polar surface area (TPSA) is 50.2 Å². The number of benzene rings is 2. The van der Waals surface area contributed by atoms with E-state index in [1.807, 2.05) is 42.5 Å². The normalized spacial score (nSPS) is 10.5. The molecule has 1 heterocycles. The number of nitrogens with zero attached hydrogens (tertiary/aromatic N) is 1. The summed E-state index contributed by atoms with van der Waals surface area (Å²) >= 11 is 0. The van der Waals surface area contributed by atoms with Gasteiger partial charge in [0, 0.05) is 11.8 Å². The Bertz CT molecular complexity index is 853. The minimum Gasteiger partial charge on any atom is -0.476 e. The molecule has 0 unspecified atom stereocenters. The molecule has 2 aromatic carbocycles. The van der Waals surface area contributed by atoms with Crippen molar-refractivity contribution < 1.29 is 9.90 Å². The molecule has 0 aliphatic heterocycles. The molecule has 0 bridgehead atoms. The molecule has 0 amide bonds. The maximum absolute atomic E-state index is 11.4. The van der Waals surface area contributed by atoms with Crippen LogP contribution in [0.1, 0.15) is 16.1 Å². The molecule has 1 aromatic heterocycles. The van der Waals surface area contributed by atoms with Crippen LogP contribution in [0.4, 0.5) is 0 Å². The fourth-order valence-electron chi connectivity index (χ4n) is 2.46. The number of pyridine rings is 1. The standard InChI is InChI=1S/C18H13NO2/c1-2-12-9-10-19-17(18(20)21)16(12)15-8-7-13-5-3-4-6-14(13)11-15/h2-11H,1H2,(H,20,21). The van der Waals surface area contributed by atoms with Crippen LogP contribution in [0, 0.1) is 0 Å². The summed E-state index contributed by atoms with van der Waals surface area (Å²) in [7, 11) is 0. The summed E-state index contributed by atoms with van der Waals surface area (Å²) in [5, 5.41) is 11.5. The first-order valence-corrected chi connectivity index (χ1v) is 6.54. The Hall–Kier alpha value is -2.94. The summed E-state index contributed by atoms with van der Waals surface area (Å²) in [6, 6.07) is 15.6. The van der Waals surface area contributed by atoms with Gasteiger partial charge in [0.25, 0.3) is 0 Å². The van der Waals surface area contributed by atoms with E-state index in [-0.39, 0.29) is 5.69 Å². The Balaban J connectivity index is 2.31. The largest absolute Gasteiger partial charge is 0.476 e. The molecule has 0 atom stereocenters. The van der Waals surface area contributed by atoms with Gasteiger partial charge in [-0.2, -0.15) is 0 Å². The number of hydrogen-bond acceptors (Lipinski definition) is 2. The predicted molar refractivity (Wildman–Crippen MR) is 84.2 cm³/mol. The zero-order chi connectivity index (χ0) is 14.8. The molecule has 0 saturated heterocycles. The van der Waals surface area contributed by atoms with Crippen molar-refractivity contribution >= 4 is 22.8 Å². The summed E-state index contributed by atoms with van der Waals surface area (Å²) < 4.78 is 0. The van der Waals surface area contributed by atoms with Gasteiger partial charge in [0.1, 0.15) is 0 Å². The molecule has 3 aromatic rings. The summed E-state index contributed by atoms with van der Waals surface area (Å²) in [6.45, 7) is 3.76. The van der Waals surface area contributed by atoms with Crippen LogP contribution < -0.4 is 0 Å². The van der Waals surface area contributed by atoms with Crippen LogP contribution in [0.25, 0.3) is 28.0 Å². The fraction of sp³-hybridized carbons (Fsp3) is 0. The van der Waals surface area contributed by atoms with Crippen LogP contribution in [0.5, 0.6) is 0 Å². The molecular formula is C18H13NO2. The Labute approximate surface area is 122 Å². The van der Waals surface area contributed by atoms with Gasteiger partial charge >= 0.3 is 5.97 Å². The first kappa shape index (κ1) is 13.1. The number of hydrogen-bond donors (Lipinski definition) is 1. The van der Waals surface area contributed by atoms with Crippen LogP contribution in [0.3, 0.4) is 0 Å². The van der Waals surface area contributed by atoms with E-state index < -0.39 is 5.97 Å². The summed E-state index contributed by atoms with van der Waals surface area (Å²) in [5.41, 5.74) is 2.24. The van der Waals surface area contributed by atoms with Crippen molar-refractivity contribution in [1.82, 2.24) is 4.98 Å². The number of carboxylic acids is 1. The number of rotatable bonds is 3. The van der Waals surface area contributed by atoms with Crippen molar-refractivity contribution in [1.29, 1.82) is 0 Å². The van der Waals surface area contributed by atoms with Gasteiger partial charge in [-0.25, -0.2) is 9.78 Å². The lowest BCUT2D eigenvalue weighted by molar-refractivity contribution is 0.0691. The minimum atomic E-state index is -1.04. The minimum absolute atomic E-state index is 0.0441. The molecular weight excluding hydrogens is 262 g/mol. The Morgan fingerprint density at radius 1 is 1.10 bits per heavy atom. The average molecular weight is 275 g/mol. The molecule has 0 fully saturated rings. The van der Waals surface area contributed by atoms with E-state index >= 15 is 0 Å². The highest BCUT2D eigenvalue weighted by Gasteiger charge is 2.16. The van der Waals surface area contributed by atoms with Gasteiger partial charge in [-0.1, -0.05) is 49.1 Å². The molecule has 0 spiro atoms. The third kappa shape index (κ3) is 2.30. The van der Waals surface area contributed by atoms with Crippen LogP contribution in [0.15, 0.2) is 61.3 Å². The number of fused-ring (bicyclic) bond motifs is 1. The monoisotopic (exact) mass is 275 g/mol. The third-order valence-electron chi connectivity index (χ3n) is 3.44. The highest BCUT2D eigenvalue weighted by molar-refractivity contribution is 5.98. The highest BCUT2D eigenvalue weighted by Crippen LogP contribution is 2.30. The van der Waals surface area contributed by atoms with Crippen LogP contribution in [0.2, 0.25) is 0 Å². The number of aromatic nitrogens is 1. The second-order valence-corrected chi connectivity index (χ2v) is 4.69. The Morgan fingerprint density at radius 2 is 1.86 bits per heavy atom. The van der Waals surface area contributed by atoms with Crippen molar-refractivity contribution in [3.63, 3.8) is 0 Å². The lowest BCUT2D eigenvalue weighted by Crippen LogP contribution is -2.04. The second-order valence-electron chi connectivity index (χ2n) is 4.69. The van der Waals surface area contributed by atoms with E-state index in [1.165, 1.54) is 6.20 Å². The van der Waals surface area contributed by atoms with Crippen molar-refractivity contribution in [3.8, 4) is 11.1 Å².